The molecule has 8 fully saturated rings. The van der Waals surface area contributed by atoms with Gasteiger partial charge in [0.25, 0.3) is 0 Å². The Labute approximate surface area is 501 Å². The lowest BCUT2D eigenvalue weighted by Gasteiger charge is -2.64. The van der Waals surface area contributed by atoms with Gasteiger partial charge >= 0.3 is 10.4 Å². The summed E-state index contributed by atoms with van der Waals surface area (Å²) in [6.45, 7) is 17.2. The van der Waals surface area contributed by atoms with Gasteiger partial charge in [0, 0.05) is 6.42 Å². The van der Waals surface area contributed by atoms with Crippen LogP contribution in [0.1, 0.15) is 121 Å². The molecule has 27 nitrogen and oxygen atoms in total. The Balaban J connectivity index is 1.01. The van der Waals surface area contributed by atoms with Gasteiger partial charge in [0.1, 0.15) is 97.7 Å². The molecule has 0 aromatic heterocycles. The SMILES string of the molecule is CC(C)=CC(=O)C[C@@H](C)[C@H]1CC[C@@H]2[C@]1(C)CC=C1[C@@]3(C)CC[C@H](OS(=O)(=O)O)C[C@@H]3[C@@H](O[C@@H]3O[C@H](CO)[C@@H](O)[C@H](O[C@@H]4O[C@H](C)[C@@H](O[C@@H]5O[C@H](C)[C@H](O)[C@H](O)[C@H]5O[C@@H]5O[C@H](C)[C@H](O)[C@H](O)[C@H]5O)[C@H](O)[C@H]4O[C@H]4O[C@@H](C)[C@H](O)[C@@H](O)[C@@H]4O)[C@H]3O)C[C@]12C. The molecule has 0 amide bonds. The number of hydrogen-bond acceptors (Lipinski definition) is 26. The van der Waals surface area contributed by atoms with Crippen molar-refractivity contribution in [3.63, 3.8) is 0 Å². The quantitative estimate of drug-likeness (QED) is 0.0467. The first kappa shape index (κ1) is 68.5. The van der Waals surface area contributed by atoms with Crippen molar-refractivity contribution in [1.82, 2.24) is 0 Å². The van der Waals surface area contributed by atoms with Crippen LogP contribution in [0.4, 0.5) is 0 Å². The highest BCUT2D eigenvalue weighted by molar-refractivity contribution is 7.80. The van der Waals surface area contributed by atoms with Crippen molar-refractivity contribution < 1.29 is 131 Å². The van der Waals surface area contributed by atoms with Gasteiger partial charge in [0.2, 0.25) is 0 Å². The van der Waals surface area contributed by atoms with E-state index in [1.54, 1.807) is 6.08 Å². The highest BCUT2D eigenvalue weighted by atomic mass is 32.3. The smallest absolute Gasteiger partial charge is 0.394 e. The zero-order chi connectivity index (χ0) is 63.2. The summed E-state index contributed by atoms with van der Waals surface area (Å²) in [7, 11) is -4.90. The van der Waals surface area contributed by atoms with Crippen LogP contribution in [-0.4, -0.2) is 252 Å². The van der Waals surface area contributed by atoms with Crippen LogP contribution in [0, 0.1) is 39.9 Å². The third kappa shape index (κ3) is 13.1. The maximum absolute atomic E-state index is 13.2. The molecule has 0 radical (unpaired) electrons. The highest BCUT2D eigenvalue weighted by Gasteiger charge is 2.66. The molecule has 86 heavy (non-hydrogen) atoms. The number of ketones is 1. The molecule has 0 bridgehead atoms. The molecule has 5 heterocycles. The van der Waals surface area contributed by atoms with Gasteiger partial charge in [0.05, 0.1) is 43.2 Å². The third-order valence-corrected chi connectivity index (χ3v) is 21.4. The van der Waals surface area contributed by atoms with E-state index in [1.807, 2.05) is 13.8 Å². The van der Waals surface area contributed by atoms with Crippen LogP contribution >= 0.6 is 0 Å². The Kier molecular flexibility index (Phi) is 20.9. The first-order valence-electron chi connectivity index (χ1n) is 30.3. The molecule has 5 saturated heterocycles. The van der Waals surface area contributed by atoms with E-state index in [0.29, 0.717) is 19.3 Å². The molecule has 9 rings (SSSR count). The van der Waals surface area contributed by atoms with Gasteiger partial charge in [-0.25, -0.2) is 4.18 Å². The largest absolute Gasteiger partial charge is 0.397 e. The van der Waals surface area contributed by atoms with Gasteiger partial charge in [-0.05, 0) is 132 Å². The second-order valence-corrected chi connectivity index (χ2v) is 28.1. The molecule has 494 valence electrons. The fraction of sp³-hybridized carbons (Fsp3) is 0.914. The van der Waals surface area contributed by atoms with E-state index in [2.05, 4.69) is 33.8 Å². The van der Waals surface area contributed by atoms with E-state index in [1.165, 1.54) is 33.3 Å². The number of aliphatic hydroxyl groups is 12. The molecular formula is C58H94O27S. The monoisotopic (exact) mass is 1250 g/mol. The average Bonchev–Trinajstić information content (AvgIpc) is 1.22. The summed E-state index contributed by atoms with van der Waals surface area (Å²) >= 11 is 0. The molecule has 9 aliphatic rings. The topological polar surface area (TPSA) is 416 Å². The second-order valence-electron chi connectivity index (χ2n) is 27.0. The van der Waals surface area contributed by atoms with Gasteiger partial charge in [0.15, 0.2) is 37.2 Å². The molecule has 34 atom stereocenters. The third-order valence-electron chi connectivity index (χ3n) is 20.9. The first-order valence-corrected chi connectivity index (χ1v) is 31.7. The van der Waals surface area contributed by atoms with E-state index in [0.717, 1.165) is 24.8 Å². The number of carbonyl (C=O) groups is 1. The van der Waals surface area contributed by atoms with Crippen molar-refractivity contribution in [2.75, 3.05) is 6.61 Å². The van der Waals surface area contributed by atoms with Crippen LogP contribution < -0.4 is 0 Å². The molecule has 28 heteroatoms. The van der Waals surface area contributed by atoms with Crippen LogP contribution in [-0.2, 0) is 66.7 Å². The summed E-state index contributed by atoms with van der Waals surface area (Å²) in [4.78, 5) is 13.2. The summed E-state index contributed by atoms with van der Waals surface area (Å²) in [6.07, 6.45) is -36.1. The van der Waals surface area contributed by atoms with Crippen LogP contribution in [0.3, 0.4) is 0 Å². The molecule has 4 aliphatic carbocycles. The fourth-order valence-electron chi connectivity index (χ4n) is 16.5. The Bertz CT molecular complexity index is 2520. The number of rotatable bonds is 17. The minimum atomic E-state index is -4.90. The van der Waals surface area contributed by atoms with Crippen molar-refractivity contribution in [1.29, 1.82) is 0 Å². The minimum Gasteiger partial charge on any atom is -0.394 e. The van der Waals surface area contributed by atoms with Gasteiger partial charge in [-0.2, -0.15) is 8.42 Å². The lowest BCUT2D eigenvalue weighted by molar-refractivity contribution is -0.406. The Hall–Kier alpha value is -1.86. The van der Waals surface area contributed by atoms with E-state index < -0.39 is 199 Å². The first-order chi connectivity index (χ1) is 40.1. The van der Waals surface area contributed by atoms with Crippen molar-refractivity contribution in [3.8, 4) is 0 Å². The maximum Gasteiger partial charge on any atom is 0.397 e. The average molecular weight is 1260 g/mol. The zero-order valence-corrected chi connectivity index (χ0v) is 51.2. The van der Waals surface area contributed by atoms with Crippen molar-refractivity contribution in [2.24, 2.45) is 39.9 Å². The number of fused-ring (bicyclic) bond motifs is 5. The summed E-state index contributed by atoms with van der Waals surface area (Å²) in [6, 6.07) is 0. The molecule has 13 N–H and O–H groups in total. The predicted octanol–water partition coefficient (Wildman–Crippen LogP) is -1.09. The van der Waals surface area contributed by atoms with Gasteiger partial charge in [-0.15, -0.1) is 0 Å². The molecule has 0 spiro atoms. The highest BCUT2D eigenvalue weighted by Crippen LogP contribution is 2.72. The predicted molar refractivity (Wildman–Crippen MR) is 293 cm³/mol. The Morgan fingerprint density at radius 2 is 1.13 bits per heavy atom. The normalized spacial score (nSPS) is 52.0. The fourth-order valence-corrected chi connectivity index (χ4v) is 17.0. The van der Waals surface area contributed by atoms with E-state index in [4.69, 9.17) is 51.6 Å². The maximum atomic E-state index is 13.2. The van der Waals surface area contributed by atoms with E-state index >= 15 is 0 Å². The standard InChI is InChI=1S/C58H94O27S/c1-22(2)17-28(60)18-23(3)30-11-12-34-56(30,8)16-14-35-57(9)15-13-29(85-86(72,73)74)19-31(57)32(20-58(34,35)10)79-53-46(71)48(39(64)33(21-59)80-53)82-55-50(84-52-44(69)41(66)37(62)25(5)76-52)45(70)47(27(7)78-55)81-54-49(42(67)38(63)26(6)77-54)83-51-43(68)40(65)36(61)24(4)75-51/h14,17,23-27,29-34,36-55,59,61-71H,11-13,15-16,18-21H2,1-10H3,(H,72,73,74)/t23-,24-,25+,26-,27-,29+,30-,31-,32+,33-,34-,36+,37+,38+,39-,40+,41-,42+,43-,44+,45+,46-,47-,48+,49-,50-,51+,52-,53-,54+,55+,56-,57+,58+/m1/s1. The molecule has 0 unspecified atom stereocenters. The molecule has 3 saturated carbocycles. The molecule has 0 aromatic carbocycles. The van der Waals surface area contributed by atoms with Crippen LogP contribution in [0.5, 0.6) is 0 Å². The van der Waals surface area contributed by atoms with E-state index in [9.17, 15) is 79.0 Å². The lowest BCUT2D eigenvalue weighted by Crippen LogP contribution is -2.68. The summed E-state index contributed by atoms with van der Waals surface area (Å²) in [5.74, 6) is -0.136. The minimum absolute atomic E-state index is 0.0631. The summed E-state index contributed by atoms with van der Waals surface area (Å²) in [5.41, 5.74) is 0.622. The van der Waals surface area contributed by atoms with Crippen molar-refractivity contribution in [2.45, 2.75) is 286 Å². The van der Waals surface area contributed by atoms with Crippen molar-refractivity contribution >= 4 is 16.2 Å². The summed E-state index contributed by atoms with van der Waals surface area (Å²) < 4.78 is 101. The lowest BCUT2D eigenvalue weighted by atomic mass is 9.42. The Morgan fingerprint density at radius 3 is 1.69 bits per heavy atom. The zero-order valence-electron chi connectivity index (χ0n) is 50.4. The van der Waals surface area contributed by atoms with Crippen molar-refractivity contribution in [3.05, 3.63) is 23.3 Å². The van der Waals surface area contributed by atoms with Crippen LogP contribution in [0.25, 0.3) is 0 Å². The molecule has 5 aliphatic heterocycles. The number of ether oxygens (including phenoxy) is 10. The van der Waals surface area contributed by atoms with Crippen LogP contribution in [0.2, 0.25) is 0 Å². The summed E-state index contributed by atoms with van der Waals surface area (Å²) in [5, 5.41) is 135. The number of carbonyl (C=O) groups excluding carboxylic acids is 1. The number of hydrogen-bond donors (Lipinski definition) is 13. The van der Waals surface area contributed by atoms with Gasteiger partial charge in [-0.3, -0.25) is 9.35 Å². The number of aliphatic hydroxyl groups excluding tert-OH is 12. The Morgan fingerprint density at radius 1 is 0.616 bits per heavy atom. The van der Waals surface area contributed by atoms with Crippen LogP contribution in [0.15, 0.2) is 23.3 Å². The van der Waals surface area contributed by atoms with Gasteiger partial charge in [-0.1, -0.05) is 44.9 Å². The molecular weight excluding hydrogens is 1160 g/mol. The van der Waals surface area contributed by atoms with Gasteiger partial charge < -0.3 is 109 Å². The number of allylic oxidation sites excluding steroid dienone is 4. The van der Waals surface area contributed by atoms with E-state index in [-0.39, 0.29) is 41.8 Å². The molecule has 0 aromatic rings. The second kappa shape index (κ2) is 26.3.